The molecule has 0 aliphatic heterocycles. The van der Waals surface area contributed by atoms with Crippen molar-refractivity contribution in [3.8, 4) is 6.07 Å². The van der Waals surface area contributed by atoms with E-state index in [4.69, 9.17) is 33.4 Å². The molecule has 1 aromatic heterocycles. The molecule has 1 aliphatic carbocycles. The molecule has 1 saturated carbocycles. The second-order valence-corrected chi connectivity index (χ2v) is 6.12. The number of halogens is 2. The average molecular weight is 308 g/mol. The fraction of sp³-hybridized carbons (Fsp3) is 0.467. The smallest absolute Gasteiger partial charge is 0.113 e. The summed E-state index contributed by atoms with van der Waals surface area (Å²) in [5.74, 6) is 1.46. The summed E-state index contributed by atoms with van der Waals surface area (Å²) in [7, 11) is 0. The van der Waals surface area contributed by atoms with Gasteiger partial charge in [-0.2, -0.15) is 5.26 Å². The first-order chi connectivity index (χ1) is 9.70. The molecule has 20 heavy (non-hydrogen) atoms. The van der Waals surface area contributed by atoms with Gasteiger partial charge in [0.25, 0.3) is 0 Å². The van der Waals surface area contributed by atoms with Crippen molar-refractivity contribution >= 4 is 34.2 Å². The minimum absolute atomic E-state index is 0.306. The summed E-state index contributed by atoms with van der Waals surface area (Å²) in [4.78, 5) is 4.73. The summed E-state index contributed by atoms with van der Waals surface area (Å²) < 4.78 is 1.99. The van der Waals surface area contributed by atoms with Crippen molar-refractivity contribution in [2.75, 3.05) is 0 Å². The van der Waals surface area contributed by atoms with Gasteiger partial charge >= 0.3 is 0 Å². The van der Waals surface area contributed by atoms with Crippen LogP contribution < -0.4 is 0 Å². The van der Waals surface area contributed by atoms with Crippen LogP contribution in [0, 0.1) is 11.3 Å². The highest BCUT2D eigenvalue weighted by Crippen LogP contribution is 2.35. The van der Waals surface area contributed by atoms with Crippen molar-refractivity contribution in [3.05, 3.63) is 28.0 Å². The highest BCUT2D eigenvalue weighted by atomic mass is 35.5. The number of aromatic nitrogens is 2. The second-order valence-electron chi connectivity index (χ2n) is 5.30. The van der Waals surface area contributed by atoms with Gasteiger partial charge in [0.1, 0.15) is 12.4 Å². The molecule has 1 aliphatic rings. The highest BCUT2D eigenvalue weighted by molar-refractivity contribution is 6.42. The van der Waals surface area contributed by atoms with Gasteiger partial charge in [0.15, 0.2) is 0 Å². The van der Waals surface area contributed by atoms with Crippen LogP contribution in [0.15, 0.2) is 12.1 Å². The van der Waals surface area contributed by atoms with Crippen molar-refractivity contribution in [1.82, 2.24) is 9.55 Å². The van der Waals surface area contributed by atoms with Gasteiger partial charge in [0.2, 0.25) is 0 Å². The number of nitriles is 1. The van der Waals surface area contributed by atoms with Crippen molar-refractivity contribution in [2.24, 2.45) is 0 Å². The van der Waals surface area contributed by atoms with Gasteiger partial charge in [0.05, 0.1) is 27.1 Å². The van der Waals surface area contributed by atoms with Gasteiger partial charge in [-0.15, -0.1) is 0 Å². The molecule has 3 nitrogen and oxygen atoms in total. The summed E-state index contributed by atoms with van der Waals surface area (Å²) >= 11 is 12.2. The standard InChI is InChI=1S/C15H15Cl2N3/c16-11-8-13-14(9-12(11)17)20(7-6-18)15(19-13)10-4-2-1-3-5-10/h8-10H,1-5,7H2. The molecule has 0 bridgehead atoms. The summed E-state index contributed by atoms with van der Waals surface area (Å²) in [5, 5.41) is 10.1. The van der Waals surface area contributed by atoms with Crippen LogP contribution in [0.3, 0.4) is 0 Å². The molecule has 0 N–H and O–H groups in total. The average Bonchev–Trinajstić information content (AvgIpc) is 2.79. The largest absolute Gasteiger partial charge is 0.314 e. The Morgan fingerprint density at radius 2 is 1.90 bits per heavy atom. The van der Waals surface area contributed by atoms with E-state index >= 15 is 0 Å². The lowest BCUT2D eigenvalue weighted by molar-refractivity contribution is 0.421. The van der Waals surface area contributed by atoms with E-state index in [0.29, 0.717) is 22.5 Å². The fourth-order valence-corrected chi connectivity index (χ4v) is 3.36. The normalized spacial score (nSPS) is 16.4. The van der Waals surface area contributed by atoms with E-state index in [-0.39, 0.29) is 0 Å². The van der Waals surface area contributed by atoms with Crippen molar-refractivity contribution in [2.45, 2.75) is 44.6 Å². The maximum absolute atomic E-state index is 9.09. The molecule has 0 radical (unpaired) electrons. The third kappa shape index (κ3) is 2.39. The number of nitrogens with zero attached hydrogens (tertiary/aromatic N) is 3. The lowest BCUT2D eigenvalue weighted by Crippen LogP contribution is -2.12. The van der Waals surface area contributed by atoms with Gasteiger partial charge in [0, 0.05) is 5.92 Å². The molecule has 0 atom stereocenters. The molecule has 1 fully saturated rings. The Hall–Kier alpha value is -1.24. The predicted octanol–water partition coefficient (Wildman–Crippen LogP) is 4.91. The van der Waals surface area contributed by atoms with Crippen LogP contribution in [0.2, 0.25) is 10.0 Å². The topological polar surface area (TPSA) is 41.6 Å². The second kappa shape index (κ2) is 5.63. The Balaban J connectivity index is 2.15. The van der Waals surface area contributed by atoms with Crippen LogP contribution in [-0.4, -0.2) is 9.55 Å². The Bertz CT molecular complexity index is 678. The van der Waals surface area contributed by atoms with Crippen molar-refractivity contribution in [3.63, 3.8) is 0 Å². The first-order valence-electron chi connectivity index (χ1n) is 6.93. The SMILES string of the molecule is N#CCn1c(C2CCCCC2)nc2cc(Cl)c(Cl)cc21. The van der Waals surface area contributed by atoms with Gasteiger partial charge in [-0.3, -0.25) is 0 Å². The number of benzene rings is 1. The Labute approximate surface area is 128 Å². The molecular formula is C15H15Cl2N3. The van der Waals surface area contributed by atoms with Crippen molar-refractivity contribution in [1.29, 1.82) is 5.26 Å². The third-order valence-corrected chi connectivity index (χ3v) is 4.74. The molecule has 104 valence electrons. The van der Waals surface area contributed by atoms with E-state index in [2.05, 4.69) is 6.07 Å². The molecular weight excluding hydrogens is 293 g/mol. The minimum Gasteiger partial charge on any atom is -0.314 e. The van der Waals surface area contributed by atoms with Crippen LogP contribution in [0.1, 0.15) is 43.8 Å². The van der Waals surface area contributed by atoms with Crippen LogP contribution in [0.25, 0.3) is 11.0 Å². The van der Waals surface area contributed by atoms with Gasteiger partial charge in [-0.05, 0) is 25.0 Å². The van der Waals surface area contributed by atoms with Crippen LogP contribution in [0.5, 0.6) is 0 Å². The molecule has 0 amide bonds. The zero-order valence-corrected chi connectivity index (χ0v) is 12.6. The van der Waals surface area contributed by atoms with Crippen LogP contribution in [-0.2, 0) is 6.54 Å². The monoisotopic (exact) mass is 307 g/mol. The van der Waals surface area contributed by atoms with E-state index in [0.717, 1.165) is 29.7 Å². The Morgan fingerprint density at radius 1 is 1.20 bits per heavy atom. The molecule has 1 aromatic carbocycles. The third-order valence-electron chi connectivity index (χ3n) is 4.02. The first-order valence-corrected chi connectivity index (χ1v) is 7.68. The number of fused-ring (bicyclic) bond motifs is 1. The van der Waals surface area contributed by atoms with Crippen molar-refractivity contribution < 1.29 is 0 Å². The van der Waals surface area contributed by atoms with Gasteiger partial charge in [-0.1, -0.05) is 42.5 Å². The Morgan fingerprint density at radius 3 is 2.60 bits per heavy atom. The number of rotatable bonds is 2. The number of imidazole rings is 1. The minimum atomic E-state index is 0.306. The molecule has 2 aromatic rings. The highest BCUT2D eigenvalue weighted by Gasteiger charge is 2.22. The molecule has 1 heterocycles. The summed E-state index contributed by atoms with van der Waals surface area (Å²) in [5.41, 5.74) is 1.73. The van der Waals surface area contributed by atoms with Crippen LogP contribution >= 0.6 is 23.2 Å². The summed E-state index contributed by atoms with van der Waals surface area (Å²) in [6.07, 6.45) is 6.07. The quantitative estimate of drug-likeness (QED) is 0.790. The number of hydrogen-bond acceptors (Lipinski definition) is 2. The first kappa shape index (κ1) is 13.7. The zero-order chi connectivity index (χ0) is 14.1. The van der Waals surface area contributed by atoms with Gasteiger partial charge < -0.3 is 4.57 Å². The zero-order valence-electron chi connectivity index (χ0n) is 11.1. The molecule has 0 unspecified atom stereocenters. The maximum Gasteiger partial charge on any atom is 0.113 e. The van der Waals surface area contributed by atoms with E-state index in [9.17, 15) is 0 Å². The predicted molar refractivity (Wildman–Crippen MR) is 81.2 cm³/mol. The van der Waals surface area contributed by atoms with E-state index in [1.807, 2.05) is 10.6 Å². The summed E-state index contributed by atoms with van der Waals surface area (Å²) in [6, 6.07) is 5.83. The molecule has 5 heteroatoms. The van der Waals surface area contributed by atoms with E-state index < -0.39 is 0 Å². The maximum atomic E-state index is 9.09. The lowest BCUT2D eigenvalue weighted by atomic mass is 9.88. The van der Waals surface area contributed by atoms with Crippen LogP contribution in [0.4, 0.5) is 0 Å². The summed E-state index contributed by atoms with van der Waals surface area (Å²) in [6.45, 7) is 0.306. The lowest BCUT2D eigenvalue weighted by Gasteiger charge is -2.21. The molecule has 0 saturated heterocycles. The molecule has 3 rings (SSSR count). The fourth-order valence-electron chi connectivity index (χ4n) is 3.05. The Kier molecular flexibility index (Phi) is 3.87. The van der Waals surface area contributed by atoms with Gasteiger partial charge in [-0.25, -0.2) is 4.98 Å². The van der Waals surface area contributed by atoms with E-state index in [1.54, 1.807) is 6.07 Å². The molecule has 0 spiro atoms. The number of hydrogen-bond donors (Lipinski definition) is 0. The van der Waals surface area contributed by atoms with E-state index in [1.165, 1.54) is 19.3 Å².